The lowest BCUT2D eigenvalue weighted by molar-refractivity contribution is -0.137. The van der Waals surface area contributed by atoms with E-state index < -0.39 is 21.6 Å². The maximum absolute atomic E-state index is 11.1. The van der Waals surface area contributed by atoms with Crippen LogP contribution in [0.25, 0.3) is 0 Å². The van der Waals surface area contributed by atoms with Crippen molar-refractivity contribution in [1.82, 2.24) is 10.6 Å². The number of hydrogen-bond acceptors (Lipinski definition) is 6. The van der Waals surface area contributed by atoms with Gasteiger partial charge in [-0.25, -0.2) is 13.9 Å². The van der Waals surface area contributed by atoms with Crippen LogP contribution < -0.4 is 10.6 Å². The zero-order chi connectivity index (χ0) is 19.3. The van der Waals surface area contributed by atoms with Crippen LogP contribution in [0.4, 0.5) is 4.79 Å². The second-order valence-electron chi connectivity index (χ2n) is 5.32. The Kier molecular flexibility index (Phi) is 8.36. The van der Waals surface area contributed by atoms with Gasteiger partial charge in [-0.05, 0) is 12.8 Å². The first-order valence-electron chi connectivity index (χ1n) is 7.10. The normalized spacial score (nSPS) is 25.4. The monoisotopic (exact) mass is 422 g/mol. The van der Waals surface area contributed by atoms with Crippen LogP contribution in [0.15, 0.2) is 0 Å². The van der Waals surface area contributed by atoms with Gasteiger partial charge in [0.2, 0.25) is 0 Å². The van der Waals surface area contributed by atoms with Crippen molar-refractivity contribution >= 4 is 39.4 Å². The van der Waals surface area contributed by atoms with E-state index in [1.54, 1.807) is 0 Å². The molecule has 0 saturated carbocycles. The Labute approximate surface area is 147 Å². The Morgan fingerprint density at radius 3 is 2.24 bits per heavy atom. The summed E-state index contributed by atoms with van der Waals surface area (Å²) < 4.78 is 22.2. The van der Waals surface area contributed by atoms with E-state index in [2.05, 4.69) is 14.9 Å². The van der Waals surface area contributed by atoms with Crippen LogP contribution in [0.5, 0.6) is 0 Å². The van der Waals surface area contributed by atoms with Gasteiger partial charge in [-0.15, -0.1) is 0 Å². The number of carbonyl (C=O) groups is 2. The van der Waals surface area contributed by atoms with Crippen LogP contribution >= 0.6 is 27.4 Å². The van der Waals surface area contributed by atoms with Gasteiger partial charge in [-0.2, -0.15) is 16.1 Å². The van der Waals surface area contributed by atoms with Crippen molar-refractivity contribution in [3.05, 3.63) is 0 Å². The molecular formula is C10H20N2O10P2S. The number of thioether (sulfide) groups is 1. The molecule has 2 aliphatic rings. The standard InChI is InChI=1S/C10H16N2O3S.H4O7P2/c13-8(14)4-2-1-3-7-9-6(5-16-7)11-10(15)12-9;1-8(2,3)7-9(4,5)6/h6-7,9H,1-5H2,(H,13,14)(H2,11,12,15);(H2,1,2,3)(H2,4,5,6)/t6-,7-,9-;/m0./s1. The molecule has 15 heteroatoms. The molecule has 2 heterocycles. The second-order valence-corrected chi connectivity index (χ2v) is 9.21. The van der Waals surface area contributed by atoms with Gasteiger partial charge < -0.3 is 35.3 Å². The highest BCUT2D eigenvalue weighted by Gasteiger charge is 2.42. The summed E-state index contributed by atoms with van der Waals surface area (Å²) in [5.74, 6) is 0.236. The summed E-state index contributed by atoms with van der Waals surface area (Å²) in [5, 5.41) is 14.8. The number of phosphoric acid groups is 2. The third-order valence-electron chi connectivity index (χ3n) is 3.28. The zero-order valence-electron chi connectivity index (χ0n) is 12.8. The number of carboxylic acids is 1. The molecule has 2 amide bonds. The van der Waals surface area contributed by atoms with Crippen LogP contribution in [0.1, 0.15) is 25.7 Å². The average Bonchev–Trinajstić information content (AvgIpc) is 2.90. The predicted molar refractivity (Wildman–Crippen MR) is 86.8 cm³/mol. The van der Waals surface area contributed by atoms with Gasteiger partial charge in [-0.1, -0.05) is 6.42 Å². The minimum absolute atomic E-state index is 0.0640. The Bertz CT molecular complexity index is 558. The molecule has 3 atom stereocenters. The van der Waals surface area contributed by atoms with Crippen LogP contribution in [-0.2, 0) is 18.2 Å². The number of fused-ring (bicyclic) bond motifs is 1. The molecule has 12 nitrogen and oxygen atoms in total. The Balaban J connectivity index is 0.000000299. The lowest BCUT2D eigenvalue weighted by Crippen LogP contribution is -2.36. The number of urea groups is 1. The van der Waals surface area contributed by atoms with E-state index in [9.17, 15) is 18.7 Å². The lowest BCUT2D eigenvalue weighted by atomic mass is 10.0. The smallest absolute Gasteiger partial charge is 0.478 e. The van der Waals surface area contributed by atoms with Gasteiger partial charge in [0.15, 0.2) is 0 Å². The molecule has 0 bridgehead atoms. The fourth-order valence-electron chi connectivity index (χ4n) is 2.40. The van der Waals surface area contributed by atoms with E-state index in [4.69, 9.17) is 24.7 Å². The summed E-state index contributed by atoms with van der Waals surface area (Å²) in [4.78, 5) is 52.5. The quantitative estimate of drug-likeness (QED) is 0.165. The van der Waals surface area contributed by atoms with Crippen LogP contribution in [0.2, 0.25) is 0 Å². The lowest BCUT2D eigenvalue weighted by Gasteiger charge is -2.16. The Hall–Kier alpha value is -0.650. The van der Waals surface area contributed by atoms with E-state index in [0.29, 0.717) is 5.25 Å². The van der Waals surface area contributed by atoms with Crippen molar-refractivity contribution in [3.8, 4) is 0 Å². The topological polar surface area (TPSA) is 203 Å². The molecule has 7 N–H and O–H groups in total. The van der Waals surface area contributed by atoms with E-state index in [-0.39, 0.29) is 24.5 Å². The van der Waals surface area contributed by atoms with Gasteiger partial charge in [0.25, 0.3) is 0 Å². The molecule has 0 aromatic carbocycles. The molecule has 2 aliphatic heterocycles. The largest absolute Gasteiger partial charge is 0.481 e. The third-order valence-corrected chi connectivity index (χ3v) is 6.49. The number of amides is 2. The maximum atomic E-state index is 11.1. The molecule has 0 aliphatic carbocycles. The Morgan fingerprint density at radius 2 is 1.76 bits per heavy atom. The molecule has 0 aromatic heterocycles. The van der Waals surface area contributed by atoms with Crippen molar-refractivity contribution in [1.29, 1.82) is 0 Å². The number of nitrogens with one attached hydrogen (secondary N) is 2. The zero-order valence-corrected chi connectivity index (χ0v) is 15.5. The molecule has 0 radical (unpaired) electrons. The van der Waals surface area contributed by atoms with E-state index in [1.165, 1.54) is 0 Å². The van der Waals surface area contributed by atoms with Gasteiger partial charge >= 0.3 is 27.6 Å². The van der Waals surface area contributed by atoms with Crippen molar-refractivity contribution < 1.29 is 47.7 Å². The molecule has 2 fully saturated rings. The van der Waals surface area contributed by atoms with E-state index >= 15 is 0 Å². The van der Waals surface area contributed by atoms with Gasteiger partial charge in [0, 0.05) is 17.4 Å². The third kappa shape index (κ3) is 9.57. The number of rotatable bonds is 7. The fourth-order valence-corrected chi connectivity index (χ4v) is 5.06. The highest BCUT2D eigenvalue weighted by molar-refractivity contribution is 8.00. The highest BCUT2D eigenvalue weighted by atomic mass is 32.2. The number of aliphatic carboxylic acids is 1. The molecule has 2 rings (SSSR count). The van der Waals surface area contributed by atoms with Crippen LogP contribution in [0, 0.1) is 0 Å². The van der Waals surface area contributed by atoms with Crippen LogP contribution in [0.3, 0.4) is 0 Å². The molecular weight excluding hydrogens is 402 g/mol. The predicted octanol–water partition coefficient (Wildman–Crippen LogP) is -0.0148. The summed E-state index contributed by atoms with van der Waals surface area (Å²) in [6.45, 7) is 0. The summed E-state index contributed by atoms with van der Waals surface area (Å²) in [6.07, 6.45) is 2.88. The molecule has 2 saturated heterocycles. The van der Waals surface area contributed by atoms with E-state index in [1.807, 2.05) is 11.8 Å². The highest BCUT2D eigenvalue weighted by Crippen LogP contribution is 2.53. The van der Waals surface area contributed by atoms with Crippen molar-refractivity contribution in [2.45, 2.75) is 43.0 Å². The molecule has 0 spiro atoms. The molecule has 0 aromatic rings. The number of unbranched alkanes of at least 4 members (excludes halogenated alkanes) is 1. The van der Waals surface area contributed by atoms with Crippen molar-refractivity contribution in [2.24, 2.45) is 0 Å². The summed E-state index contributed by atoms with van der Waals surface area (Å²) >= 11 is 1.87. The van der Waals surface area contributed by atoms with Crippen molar-refractivity contribution in [2.75, 3.05) is 5.75 Å². The van der Waals surface area contributed by atoms with E-state index in [0.717, 1.165) is 25.0 Å². The fraction of sp³-hybridized carbons (Fsp3) is 0.800. The van der Waals surface area contributed by atoms with Crippen molar-refractivity contribution in [3.63, 3.8) is 0 Å². The second kappa shape index (κ2) is 9.33. The first-order valence-corrected chi connectivity index (χ1v) is 11.2. The molecule has 25 heavy (non-hydrogen) atoms. The Morgan fingerprint density at radius 1 is 1.16 bits per heavy atom. The summed E-state index contributed by atoms with van der Waals surface area (Å²) in [6, 6.07) is 0.440. The first kappa shape index (κ1) is 22.4. The summed E-state index contributed by atoms with van der Waals surface area (Å²) in [5.41, 5.74) is 0. The van der Waals surface area contributed by atoms with Crippen LogP contribution in [-0.4, -0.2) is 59.8 Å². The SMILES string of the molecule is O=C(O)CCCC[C@@H]1SC[C@@H]2NC(=O)N[C@@H]21.O=P(O)(O)OP(=O)(O)O. The molecule has 146 valence electrons. The van der Waals surface area contributed by atoms with Gasteiger partial charge in [0.1, 0.15) is 0 Å². The molecule has 0 unspecified atom stereocenters. The average molecular weight is 422 g/mol. The van der Waals surface area contributed by atoms with Gasteiger partial charge in [-0.3, -0.25) is 4.79 Å². The first-order chi connectivity index (χ1) is 11.4. The number of hydrogen-bond donors (Lipinski definition) is 7. The number of carboxylic acid groups (broad SMARTS) is 1. The van der Waals surface area contributed by atoms with Gasteiger partial charge in [0.05, 0.1) is 12.1 Å². The maximum Gasteiger partial charge on any atom is 0.478 e. The minimum atomic E-state index is -5.05. The summed E-state index contributed by atoms with van der Waals surface area (Å²) in [7, 11) is -10.1. The number of carbonyl (C=O) groups excluding carboxylic acids is 1. The minimum Gasteiger partial charge on any atom is -0.481 e.